The predicted octanol–water partition coefficient (Wildman–Crippen LogP) is 2.53. The van der Waals surface area contributed by atoms with Gasteiger partial charge in [-0.05, 0) is 57.3 Å². The molecule has 3 heteroatoms. The van der Waals surface area contributed by atoms with E-state index in [9.17, 15) is 5.11 Å². The van der Waals surface area contributed by atoms with Crippen LogP contribution in [0.25, 0.3) is 0 Å². The van der Waals surface area contributed by atoms with Crippen LogP contribution >= 0.6 is 0 Å². The molecule has 2 N–H and O–H groups in total. The summed E-state index contributed by atoms with van der Waals surface area (Å²) < 4.78 is 0. The van der Waals surface area contributed by atoms with E-state index in [2.05, 4.69) is 36.2 Å². The highest BCUT2D eigenvalue weighted by atomic mass is 16.3. The zero-order valence-electron chi connectivity index (χ0n) is 12.8. The fourth-order valence-corrected chi connectivity index (χ4v) is 2.94. The van der Waals surface area contributed by atoms with Gasteiger partial charge in [0, 0.05) is 18.6 Å². The van der Waals surface area contributed by atoms with Crippen LogP contribution in [0.4, 0.5) is 0 Å². The van der Waals surface area contributed by atoms with Crippen molar-refractivity contribution >= 4 is 0 Å². The first-order valence-corrected chi connectivity index (χ1v) is 7.85. The van der Waals surface area contributed by atoms with Crippen LogP contribution in [-0.4, -0.2) is 35.2 Å². The molecule has 1 fully saturated rings. The zero-order valence-corrected chi connectivity index (χ0v) is 12.8. The lowest BCUT2D eigenvalue weighted by Gasteiger charge is -2.24. The Morgan fingerprint density at radius 3 is 2.80 bits per heavy atom. The molecule has 0 radical (unpaired) electrons. The number of hydrogen-bond acceptors (Lipinski definition) is 3. The number of nitrogens with zero attached hydrogens (tertiary/aromatic N) is 1. The second-order valence-electron chi connectivity index (χ2n) is 6.12. The summed E-state index contributed by atoms with van der Waals surface area (Å²) in [6, 6.07) is 9.49. The largest absolute Gasteiger partial charge is 0.392 e. The van der Waals surface area contributed by atoms with Gasteiger partial charge in [-0.1, -0.05) is 24.3 Å². The molecule has 3 nitrogen and oxygen atoms in total. The molecule has 20 heavy (non-hydrogen) atoms. The smallest absolute Gasteiger partial charge is 0.0681 e. The third-order valence-electron chi connectivity index (χ3n) is 4.26. The van der Waals surface area contributed by atoms with Crippen molar-refractivity contribution in [3.05, 3.63) is 35.4 Å². The highest BCUT2D eigenvalue weighted by Crippen LogP contribution is 2.14. The highest BCUT2D eigenvalue weighted by Gasteiger charge is 2.18. The summed E-state index contributed by atoms with van der Waals surface area (Å²) in [6.45, 7) is 8.03. The first-order chi connectivity index (χ1) is 9.69. The minimum atomic E-state index is 0.126. The summed E-state index contributed by atoms with van der Waals surface area (Å²) in [5, 5.41) is 12.9. The summed E-state index contributed by atoms with van der Waals surface area (Å²) >= 11 is 0. The van der Waals surface area contributed by atoms with Gasteiger partial charge in [0.2, 0.25) is 0 Å². The Morgan fingerprint density at radius 2 is 2.05 bits per heavy atom. The lowest BCUT2D eigenvalue weighted by Crippen LogP contribution is -2.33. The van der Waals surface area contributed by atoms with Gasteiger partial charge in [0.25, 0.3) is 0 Å². The van der Waals surface area contributed by atoms with Crippen LogP contribution in [-0.2, 0) is 13.2 Å². The van der Waals surface area contributed by atoms with Crippen LogP contribution in [0.15, 0.2) is 24.3 Å². The lowest BCUT2D eigenvalue weighted by atomic mass is 10.1. The van der Waals surface area contributed by atoms with Crippen LogP contribution in [0, 0.1) is 0 Å². The molecule has 0 spiro atoms. The molecule has 1 atom stereocenters. The molecule has 1 aromatic rings. The van der Waals surface area contributed by atoms with Gasteiger partial charge < -0.3 is 15.3 Å². The first kappa shape index (κ1) is 15.5. The number of aliphatic hydroxyl groups excluding tert-OH is 1. The van der Waals surface area contributed by atoms with Gasteiger partial charge in [-0.2, -0.15) is 0 Å². The van der Waals surface area contributed by atoms with E-state index in [1.807, 2.05) is 12.1 Å². The molecule has 2 rings (SSSR count). The van der Waals surface area contributed by atoms with Gasteiger partial charge in [0.15, 0.2) is 0 Å². The summed E-state index contributed by atoms with van der Waals surface area (Å²) in [4.78, 5) is 2.58. The van der Waals surface area contributed by atoms with Crippen LogP contribution in [0.3, 0.4) is 0 Å². The number of aliphatic hydroxyl groups is 1. The molecule has 1 aromatic carbocycles. The van der Waals surface area contributed by atoms with Crippen LogP contribution in [0.5, 0.6) is 0 Å². The second kappa shape index (κ2) is 7.77. The molecule has 112 valence electrons. The van der Waals surface area contributed by atoms with Gasteiger partial charge >= 0.3 is 0 Å². The quantitative estimate of drug-likeness (QED) is 0.867. The Hall–Kier alpha value is -0.900. The number of hydrogen-bond donors (Lipinski definition) is 2. The SMILES string of the molecule is CC(C)N1CCCC(NCc2cccc(CO)c2)CC1. The van der Waals surface area contributed by atoms with E-state index in [1.165, 1.54) is 37.9 Å². The fourth-order valence-electron chi connectivity index (χ4n) is 2.94. The van der Waals surface area contributed by atoms with E-state index in [-0.39, 0.29) is 6.61 Å². The van der Waals surface area contributed by atoms with Crippen molar-refractivity contribution in [1.29, 1.82) is 0 Å². The molecule has 0 aliphatic carbocycles. The zero-order chi connectivity index (χ0) is 14.4. The average molecular weight is 276 g/mol. The Balaban J connectivity index is 1.81. The molecule has 0 saturated carbocycles. The first-order valence-electron chi connectivity index (χ1n) is 7.85. The molecule has 1 heterocycles. The third-order valence-corrected chi connectivity index (χ3v) is 4.26. The van der Waals surface area contributed by atoms with Gasteiger partial charge in [-0.15, -0.1) is 0 Å². The van der Waals surface area contributed by atoms with Crippen LogP contribution in [0.1, 0.15) is 44.2 Å². The van der Waals surface area contributed by atoms with Crippen molar-refractivity contribution in [1.82, 2.24) is 10.2 Å². The molecule has 1 aliphatic heterocycles. The molecule has 1 unspecified atom stereocenters. The van der Waals surface area contributed by atoms with E-state index in [0.717, 1.165) is 12.1 Å². The second-order valence-corrected chi connectivity index (χ2v) is 6.12. The van der Waals surface area contributed by atoms with Crippen molar-refractivity contribution in [2.24, 2.45) is 0 Å². The molecular weight excluding hydrogens is 248 g/mol. The van der Waals surface area contributed by atoms with Gasteiger partial charge in [0.1, 0.15) is 0 Å². The van der Waals surface area contributed by atoms with E-state index < -0.39 is 0 Å². The predicted molar refractivity (Wildman–Crippen MR) is 83.6 cm³/mol. The minimum absolute atomic E-state index is 0.126. The van der Waals surface area contributed by atoms with Crippen molar-refractivity contribution in [2.45, 2.75) is 58.3 Å². The maximum Gasteiger partial charge on any atom is 0.0681 e. The normalized spacial score (nSPS) is 21.1. The third kappa shape index (κ3) is 4.58. The summed E-state index contributed by atoms with van der Waals surface area (Å²) in [6.07, 6.45) is 3.79. The average Bonchev–Trinajstić information content (AvgIpc) is 2.71. The Morgan fingerprint density at radius 1 is 1.25 bits per heavy atom. The standard InChI is InChI=1S/C17H28N2O/c1-14(2)19-9-4-7-17(8-10-19)18-12-15-5-3-6-16(11-15)13-20/h3,5-6,11,14,17-18,20H,4,7-10,12-13H2,1-2H3. The Kier molecular flexibility index (Phi) is 6.02. The van der Waals surface area contributed by atoms with Crippen LogP contribution in [0.2, 0.25) is 0 Å². The van der Waals surface area contributed by atoms with E-state index in [1.54, 1.807) is 0 Å². The number of likely N-dealkylation sites (tertiary alicyclic amines) is 1. The molecule has 0 amide bonds. The lowest BCUT2D eigenvalue weighted by molar-refractivity contribution is 0.229. The summed E-state index contributed by atoms with van der Waals surface area (Å²) in [5.74, 6) is 0. The number of rotatable bonds is 5. The van der Waals surface area contributed by atoms with Crippen molar-refractivity contribution in [2.75, 3.05) is 13.1 Å². The number of nitrogens with one attached hydrogen (secondary N) is 1. The van der Waals surface area contributed by atoms with E-state index in [0.29, 0.717) is 12.1 Å². The van der Waals surface area contributed by atoms with Crippen molar-refractivity contribution in [3.8, 4) is 0 Å². The summed E-state index contributed by atoms with van der Waals surface area (Å²) in [5.41, 5.74) is 2.26. The van der Waals surface area contributed by atoms with Gasteiger partial charge in [-0.25, -0.2) is 0 Å². The number of benzene rings is 1. The molecular formula is C17H28N2O. The van der Waals surface area contributed by atoms with Gasteiger partial charge in [-0.3, -0.25) is 0 Å². The summed E-state index contributed by atoms with van der Waals surface area (Å²) in [7, 11) is 0. The maximum atomic E-state index is 9.17. The van der Waals surface area contributed by atoms with Gasteiger partial charge in [0.05, 0.1) is 6.61 Å². The molecule has 1 saturated heterocycles. The Labute approximate surface area is 123 Å². The van der Waals surface area contributed by atoms with Crippen molar-refractivity contribution in [3.63, 3.8) is 0 Å². The maximum absolute atomic E-state index is 9.17. The van der Waals surface area contributed by atoms with E-state index in [4.69, 9.17) is 0 Å². The molecule has 1 aliphatic rings. The topological polar surface area (TPSA) is 35.5 Å². The van der Waals surface area contributed by atoms with E-state index >= 15 is 0 Å². The fraction of sp³-hybridized carbons (Fsp3) is 0.647. The molecule has 0 aromatic heterocycles. The monoisotopic (exact) mass is 276 g/mol. The Bertz CT molecular complexity index is 406. The van der Waals surface area contributed by atoms with Crippen molar-refractivity contribution < 1.29 is 5.11 Å². The molecule has 0 bridgehead atoms. The highest BCUT2D eigenvalue weighted by molar-refractivity contribution is 5.22. The van der Waals surface area contributed by atoms with Crippen LogP contribution < -0.4 is 5.32 Å². The minimum Gasteiger partial charge on any atom is -0.392 e.